The number of hydrogen-bond acceptors (Lipinski definition) is 2. The van der Waals surface area contributed by atoms with Crippen LogP contribution in [0.5, 0.6) is 0 Å². The smallest absolute Gasteiger partial charge is 0.0499 e. The molecule has 0 saturated heterocycles. The highest BCUT2D eigenvalue weighted by atomic mass is 15.1. The van der Waals surface area contributed by atoms with E-state index in [1.54, 1.807) is 0 Å². The van der Waals surface area contributed by atoms with Gasteiger partial charge in [0.2, 0.25) is 0 Å². The molecule has 9 rings (SSSR count). The molecular formula is C55H42N2. The number of hydrogen-bond donors (Lipinski definition) is 0. The molecule has 0 fully saturated rings. The zero-order valence-corrected chi connectivity index (χ0v) is 31.7. The lowest BCUT2D eigenvalue weighted by molar-refractivity contribution is 1.09. The summed E-state index contributed by atoms with van der Waals surface area (Å²) < 4.78 is 0. The first-order valence-corrected chi connectivity index (χ1v) is 19.5. The van der Waals surface area contributed by atoms with E-state index in [0.717, 1.165) is 46.1 Å². The number of benzene rings is 8. The first kappa shape index (κ1) is 35.3. The first-order chi connectivity index (χ1) is 28.2. The molecule has 0 aromatic heterocycles. The van der Waals surface area contributed by atoms with Crippen LogP contribution >= 0.6 is 0 Å². The van der Waals surface area contributed by atoms with Gasteiger partial charge in [0.25, 0.3) is 0 Å². The molecule has 8 aromatic carbocycles. The van der Waals surface area contributed by atoms with E-state index in [-0.39, 0.29) is 0 Å². The number of nitrogens with zero attached hydrogens (tertiary/aromatic N) is 2. The molecule has 0 bridgehead atoms. The fraction of sp³-hybridized carbons (Fsp3) is 0.0182. The summed E-state index contributed by atoms with van der Waals surface area (Å²) >= 11 is 0. The molecule has 0 spiro atoms. The van der Waals surface area contributed by atoms with Crippen LogP contribution in [0.25, 0.3) is 50.1 Å². The molecule has 0 atom stereocenters. The van der Waals surface area contributed by atoms with Gasteiger partial charge in [-0.1, -0.05) is 183 Å². The third-order valence-electron chi connectivity index (χ3n) is 10.7. The fourth-order valence-electron chi connectivity index (χ4n) is 7.64. The summed E-state index contributed by atoms with van der Waals surface area (Å²) in [6, 6.07) is 73.9. The Morgan fingerprint density at radius 2 is 0.772 bits per heavy atom. The molecular weight excluding hydrogens is 689 g/mol. The maximum Gasteiger partial charge on any atom is 0.0499 e. The van der Waals surface area contributed by atoms with Crippen molar-refractivity contribution in [1.82, 2.24) is 0 Å². The van der Waals surface area contributed by atoms with E-state index in [1.807, 2.05) is 0 Å². The van der Waals surface area contributed by atoms with Gasteiger partial charge >= 0.3 is 0 Å². The van der Waals surface area contributed by atoms with E-state index in [1.165, 1.54) is 44.5 Å². The zero-order valence-electron chi connectivity index (χ0n) is 31.7. The monoisotopic (exact) mass is 730 g/mol. The van der Waals surface area contributed by atoms with Crippen molar-refractivity contribution in [2.45, 2.75) is 0 Å². The Morgan fingerprint density at radius 1 is 0.386 bits per heavy atom. The molecule has 0 radical (unpaired) electrons. The van der Waals surface area contributed by atoms with Gasteiger partial charge in [0.05, 0.1) is 0 Å². The van der Waals surface area contributed by atoms with Crippen LogP contribution < -0.4 is 9.80 Å². The van der Waals surface area contributed by atoms with Gasteiger partial charge in [-0.15, -0.1) is 0 Å². The highest BCUT2D eigenvalue weighted by Gasteiger charge is 2.17. The molecule has 272 valence electrons. The minimum absolute atomic E-state index is 0.766. The van der Waals surface area contributed by atoms with Crippen molar-refractivity contribution in [3.8, 4) is 44.5 Å². The maximum absolute atomic E-state index is 4.41. The normalized spacial score (nSPS) is 13.5. The summed E-state index contributed by atoms with van der Waals surface area (Å²) in [4.78, 5) is 4.69. The van der Waals surface area contributed by atoms with Crippen LogP contribution in [-0.2, 0) is 0 Å². The largest absolute Gasteiger partial charge is 0.337 e. The molecule has 2 nitrogen and oxygen atoms in total. The van der Waals surface area contributed by atoms with Crippen LogP contribution in [0.3, 0.4) is 0 Å². The quantitative estimate of drug-likeness (QED) is 0.154. The van der Waals surface area contributed by atoms with E-state index >= 15 is 0 Å². The molecule has 0 unspecified atom stereocenters. The Kier molecular flexibility index (Phi) is 9.99. The zero-order chi connectivity index (χ0) is 38.4. The van der Waals surface area contributed by atoms with E-state index in [2.05, 4.69) is 247 Å². The van der Waals surface area contributed by atoms with Crippen molar-refractivity contribution >= 4 is 34.0 Å². The van der Waals surface area contributed by atoms with Gasteiger partial charge in [-0.05, 0) is 105 Å². The van der Waals surface area contributed by atoms with Gasteiger partial charge < -0.3 is 9.80 Å². The lowest BCUT2D eigenvalue weighted by Gasteiger charge is -2.27. The molecule has 0 amide bonds. The molecule has 0 N–H and O–H groups in total. The SMILES string of the molecule is C=C1/C=C\C=C/CN(c2ccccc2)c2cc(-c3ccc(-c4ccc(N(c5ccc(-c6ccccc6)cc5)c5ccc(-c6ccccc6)cc5)cc4)cc3)ccc21. The number of para-hydroxylation sites is 1. The van der Waals surface area contributed by atoms with Crippen LogP contribution in [0.1, 0.15) is 5.56 Å². The van der Waals surface area contributed by atoms with E-state index in [9.17, 15) is 0 Å². The Hall–Kier alpha value is -7.42. The summed E-state index contributed by atoms with van der Waals surface area (Å²) in [5, 5.41) is 0. The van der Waals surface area contributed by atoms with Gasteiger partial charge in [0.15, 0.2) is 0 Å². The van der Waals surface area contributed by atoms with Crippen molar-refractivity contribution in [3.63, 3.8) is 0 Å². The maximum atomic E-state index is 4.41. The second-order valence-electron chi connectivity index (χ2n) is 14.3. The average Bonchev–Trinajstić information content (AvgIpc) is 3.37. The van der Waals surface area contributed by atoms with Gasteiger partial charge in [-0.2, -0.15) is 0 Å². The molecule has 1 heterocycles. The number of rotatable bonds is 8. The molecule has 8 aromatic rings. The number of anilines is 5. The Morgan fingerprint density at radius 3 is 1.25 bits per heavy atom. The van der Waals surface area contributed by atoms with Crippen LogP contribution in [0, 0.1) is 0 Å². The van der Waals surface area contributed by atoms with Crippen LogP contribution in [0.4, 0.5) is 28.4 Å². The van der Waals surface area contributed by atoms with Gasteiger partial charge in [0, 0.05) is 40.5 Å². The Bertz CT molecular complexity index is 2570. The predicted molar refractivity (Wildman–Crippen MR) is 244 cm³/mol. The number of fused-ring (bicyclic) bond motifs is 1. The molecule has 57 heavy (non-hydrogen) atoms. The Balaban J connectivity index is 1.01. The van der Waals surface area contributed by atoms with Crippen molar-refractivity contribution < 1.29 is 0 Å². The van der Waals surface area contributed by atoms with Gasteiger partial charge in [-0.25, -0.2) is 0 Å². The van der Waals surface area contributed by atoms with Crippen molar-refractivity contribution in [1.29, 1.82) is 0 Å². The molecule has 0 aliphatic carbocycles. The standard InChI is InChI=1S/C55H42N2/c1-41-14-6-5-13-39-56(50-19-11-4-12-20-50)55-40-49(31-38-54(41)55)48-23-21-44(22-24-48)47-29-36-53(37-30-47)57(51-32-25-45(26-33-51)42-15-7-2-8-16-42)52-34-27-46(28-35-52)43-17-9-3-10-18-43/h2-38,40H,1,39H2/b13-5-,14-6-. The summed E-state index contributed by atoms with van der Waals surface area (Å²) in [7, 11) is 0. The highest BCUT2D eigenvalue weighted by Crippen LogP contribution is 2.39. The summed E-state index contributed by atoms with van der Waals surface area (Å²) in [6.07, 6.45) is 8.46. The minimum atomic E-state index is 0.766. The van der Waals surface area contributed by atoms with E-state index in [0.29, 0.717) is 0 Å². The van der Waals surface area contributed by atoms with Crippen molar-refractivity contribution in [2.24, 2.45) is 0 Å². The van der Waals surface area contributed by atoms with Crippen LogP contribution in [0.15, 0.2) is 237 Å². The van der Waals surface area contributed by atoms with E-state index < -0.39 is 0 Å². The summed E-state index contributed by atoms with van der Waals surface area (Å²) in [5.74, 6) is 0. The molecule has 1 aliphatic rings. The lowest BCUT2D eigenvalue weighted by atomic mass is 9.96. The second kappa shape index (κ2) is 16.1. The average molecular weight is 731 g/mol. The second-order valence-corrected chi connectivity index (χ2v) is 14.3. The topological polar surface area (TPSA) is 6.48 Å². The summed E-state index contributed by atoms with van der Waals surface area (Å²) in [5.41, 5.74) is 17.2. The van der Waals surface area contributed by atoms with Crippen LogP contribution in [-0.4, -0.2) is 6.54 Å². The van der Waals surface area contributed by atoms with Crippen LogP contribution in [0.2, 0.25) is 0 Å². The van der Waals surface area contributed by atoms with Gasteiger partial charge in [-0.3, -0.25) is 0 Å². The molecule has 2 heteroatoms. The molecule has 1 aliphatic heterocycles. The highest BCUT2D eigenvalue weighted by molar-refractivity contribution is 5.88. The minimum Gasteiger partial charge on any atom is -0.337 e. The van der Waals surface area contributed by atoms with Crippen molar-refractivity contribution in [2.75, 3.05) is 16.3 Å². The lowest BCUT2D eigenvalue weighted by Crippen LogP contribution is -2.18. The Labute approximate surface area is 336 Å². The third-order valence-corrected chi connectivity index (χ3v) is 10.7. The summed E-state index contributed by atoms with van der Waals surface area (Å²) in [6.45, 7) is 5.17. The molecule has 0 saturated carbocycles. The fourth-order valence-corrected chi connectivity index (χ4v) is 7.64. The predicted octanol–water partition coefficient (Wildman–Crippen LogP) is 15.1. The number of allylic oxidation sites excluding steroid dienone is 4. The third kappa shape index (κ3) is 7.62. The van der Waals surface area contributed by atoms with Crippen molar-refractivity contribution in [3.05, 3.63) is 243 Å². The first-order valence-electron chi connectivity index (χ1n) is 19.5. The van der Waals surface area contributed by atoms with Gasteiger partial charge in [0.1, 0.15) is 0 Å². The van der Waals surface area contributed by atoms with E-state index in [4.69, 9.17) is 0 Å².